The van der Waals surface area contributed by atoms with Crippen molar-refractivity contribution in [3.63, 3.8) is 0 Å². The Labute approximate surface area is 220 Å². The molecule has 1 atom stereocenters. The number of hydrogen-bond donors (Lipinski definition) is 2. The molecule has 2 aliphatic rings. The van der Waals surface area contributed by atoms with Crippen LogP contribution >= 0.6 is 0 Å². The van der Waals surface area contributed by atoms with Crippen LogP contribution in [0.3, 0.4) is 0 Å². The van der Waals surface area contributed by atoms with Crippen molar-refractivity contribution in [3.8, 4) is 0 Å². The van der Waals surface area contributed by atoms with Crippen molar-refractivity contribution in [3.05, 3.63) is 106 Å². The SMILES string of the molecule is CC1(C)CC(=O)C2=C(C1)Nc1ccccc1N(CC(=O)NCc1cccnc1)C2c1ccc([N+](=O)[O-])cc1. The van der Waals surface area contributed by atoms with Crippen LogP contribution in [0, 0.1) is 15.5 Å². The minimum Gasteiger partial charge on any atom is -0.357 e. The van der Waals surface area contributed by atoms with Gasteiger partial charge >= 0.3 is 0 Å². The lowest BCUT2D eigenvalue weighted by molar-refractivity contribution is -0.384. The number of fused-ring (bicyclic) bond motifs is 1. The van der Waals surface area contributed by atoms with Gasteiger partial charge in [-0.15, -0.1) is 0 Å². The van der Waals surface area contributed by atoms with E-state index in [9.17, 15) is 19.7 Å². The fraction of sp³-hybridized carbons (Fsp3) is 0.276. The third-order valence-electron chi connectivity index (χ3n) is 6.95. The number of nitrogens with one attached hydrogen (secondary N) is 2. The van der Waals surface area contributed by atoms with E-state index in [1.807, 2.05) is 41.3 Å². The Morgan fingerprint density at radius 1 is 1.13 bits per heavy atom. The molecule has 9 heteroatoms. The zero-order valence-corrected chi connectivity index (χ0v) is 21.3. The molecule has 2 aromatic carbocycles. The van der Waals surface area contributed by atoms with Gasteiger partial charge in [0.15, 0.2) is 5.78 Å². The summed E-state index contributed by atoms with van der Waals surface area (Å²) in [6.07, 6.45) is 4.40. The number of carbonyl (C=O) groups is 2. The van der Waals surface area contributed by atoms with Gasteiger partial charge in [-0.3, -0.25) is 24.7 Å². The van der Waals surface area contributed by atoms with E-state index in [1.165, 1.54) is 12.1 Å². The maximum atomic E-state index is 13.7. The van der Waals surface area contributed by atoms with Crippen LogP contribution in [0.15, 0.2) is 84.3 Å². The van der Waals surface area contributed by atoms with Crippen LogP contribution in [0.5, 0.6) is 0 Å². The number of carbonyl (C=O) groups excluding carboxylic acids is 2. The number of nitrogens with zero attached hydrogens (tertiary/aromatic N) is 3. The van der Waals surface area contributed by atoms with Crippen LogP contribution in [0.1, 0.15) is 43.9 Å². The summed E-state index contributed by atoms with van der Waals surface area (Å²) in [7, 11) is 0. The zero-order valence-electron chi connectivity index (χ0n) is 21.3. The summed E-state index contributed by atoms with van der Waals surface area (Å²) in [5.41, 5.74) is 4.30. The molecule has 0 saturated heterocycles. The fourth-order valence-corrected chi connectivity index (χ4v) is 5.27. The Kier molecular flexibility index (Phi) is 6.67. The molecule has 194 valence electrons. The van der Waals surface area contributed by atoms with Crippen LogP contribution in [0.25, 0.3) is 0 Å². The van der Waals surface area contributed by atoms with Crippen molar-refractivity contribution in [2.75, 3.05) is 16.8 Å². The summed E-state index contributed by atoms with van der Waals surface area (Å²) < 4.78 is 0. The maximum absolute atomic E-state index is 13.7. The molecule has 0 bridgehead atoms. The summed E-state index contributed by atoms with van der Waals surface area (Å²) in [5.74, 6) is -0.219. The molecular weight excluding hydrogens is 482 g/mol. The number of nitro groups is 1. The van der Waals surface area contributed by atoms with Crippen molar-refractivity contribution >= 4 is 28.8 Å². The second kappa shape index (κ2) is 10.1. The summed E-state index contributed by atoms with van der Waals surface area (Å²) in [6.45, 7) is 4.44. The van der Waals surface area contributed by atoms with Crippen molar-refractivity contribution in [1.82, 2.24) is 10.3 Å². The fourth-order valence-electron chi connectivity index (χ4n) is 5.27. The third kappa shape index (κ3) is 5.13. The average molecular weight is 512 g/mol. The van der Waals surface area contributed by atoms with Gasteiger partial charge in [-0.1, -0.05) is 32.0 Å². The van der Waals surface area contributed by atoms with E-state index in [-0.39, 0.29) is 29.3 Å². The molecule has 0 saturated carbocycles. The van der Waals surface area contributed by atoms with Gasteiger partial charge in [0.25, 0.3) is 5.69 Å². The first-order valence-corrected chi connectivity index (χ1v) is 12.5. The highest BCUT2D eigenvalue weighted by molar-refractivity contribution is 6.01. The van der Waals surface area contributed by atoms with E-state index in [1.54, 1.807) is 24.5 Å². The number of ketones is 1. The van der Waals surface area contributed by atoms with E-state index in [0.29, 0.717) is 30.5 Å². The van der Waals surface area contributed by atoms with Crippen molar-refractivity contribution < 1.29 is 14.5 Å². The molecule has 1 amide bonds. The van der Waals surface area contributed by atoms with Gasteiger partial charge in [-0.05, 0) is 53.3 Å². The van der Waals surface area contributed by atoms with Crippen LogP contribution in [0.4, 0.5) is 17.1 Å². The van der Waals surface area contributed by atoms with E-state index in [0.717, 1.165) is 22.6 Å². The molecule has 1 aliphatic carbocycles. The Hall–Kier alpha value is -4.53. The first kappa shape index (κ1) is 25.1. The van der Waals surface area contributed by atoms with Gasteiger partial charge in [0, 0.05) is 48.8 Å². The molecule has 9 nitrogen and oxygen atoms in total. The van der Waals surface area contributed by atoms with Crippen molar-refractivity contribution in [1.29, 1.82) is 0 Å². The molecule has 1 aliphatic heterocycles. The van der Waals surface area contributed by atoms with Crippen LogP contribution in [-0.4, -0.2) is 28.1 Å². The highest BCUT2D eigenvalue weighted by Gasteiger charge is 2.42. The Bertz CT molecular complexity index is 1420. The van der Waals surface area contributed by atoms with Crippen LogP contribution < -0.4 is 15.5 Å². The number of benzene rings is 2. The van der Waals surface area contributed by atoms with Gasteiger partial charge < -0.3 is 15.5 Å². The molecule has 1 aromatic heterocycles. The van der Waals surface area contributed by atoms with E-state index < -0.39 is 11.0 Å². The minimum atomic E-state index is -0.602. The topological polar surface area (TPSA) is 117 Å². The minimum absolute atomic E-state index is 0.000627. The smallest absolute Gasteiger partial charge is 0.269 e. The molecule has 0 fully saturated rings. The van der Waals surface area contributed by atoms with E-state index in [4.69, 9.17) is 0 Å². The van der Waals surface area contributed by atoms with Crippen LogP contribution in [0.2, 0.25) is 0 Å². The number of hydrogen-bond acceptors (Lipinski definition) is 7. The number of non-ortho nitro benzene ring substituents is 1. The lowest BCUT2D eigenvalue weighted by Crippen LogP contribution is -2.41. The maximum Gasteiger partial charge on any atom is 0.269 e. The number of aromatic nitrogens is 1. The monoisotopic (exact) mass is 511 g/mol. The second-order valence-corrected chi connectivity index (χ2v) is 10.5. The number of nitro benzene ring substituents is 1. The number of rotatable bonds is 6. The highest BCUT2D eigenvalue weighted by Crippen LogP contribution is 2.48. The number of Topliss-reactive ketones (excluding diaryl/α,β-unsaturated/α-hetero) is 1. The third-order valence-corrected chi connectivity index (χ3v) is 6.95. The molecule has 1 unspecified atom stereocenters. The number of pyridine rings is 1. The number of amides is 1. The molecule has 5 rings (SSSR count). The van der Waals surface area contributed by atoms with E-state index >= 15 is 0 Å². The lowest BCUT2D eigenvalue weighted by Gasteiger charge is -2.37. The highest BCUT2D eigenvalue weighted by atomic mass is 16.6. The molecule has 2 heterocycles. The Balaban J connectivity index is 1.59. The molecule has 38 heavy (non-hydrogen) atoms. The summed E-state index contributed by atoms with van der Waals surface area (Å²) >= 11 is 0. The van der Waals surface area contributed by atoms with Gasteiger partial charge in [-0.2, -0.15) is 0 Å². The predicted molar refractivity (Wildman–Crippen MR) is 144 cm³/mol. The molecule has 0 radical (unpaired) electrons. The second-order valence-electron chi connectivity index (χ2n) is 10.5. The molecule has 3 aromatic rings. The summed E-state index contributed by atoms with van der Waals surface area (Å²) in [4.78, 5) is 43.9. The van der Waals surface area contributed by atoms with Gasteiger partial charge in [0.05, 0.1) is 28.9 Å². The normalized spacial score (nSPS) is 18.1. The first-order chi connectivity index (χ1) is 18.2. The lowest BCUT2D eigenvalue weighted by atomic mass is 9.73. The zero-order chi connectivity index (χ0) is 26.9. The predicted octanol–water partition coefficient (Wildman–Crippen LogP) is 4.92. The quantitative estimate of drug-likeness (QED) is 0.356. The average Bonchev–Trinajstić information content (AvgIpc) is 3.02. The first-order valence-electron chi connectivity index (χ1n) is 12.5. The summed E-state index contributed by atoms with van der Waals surface area (Å²) in [5, 5.41) is 17.8. The summed E-state index contributed by atoms with van der Waals surface area (Å²) in [6, 6.07) is 17.0. The van der Waals surface area contributed by atoms with Crippen molar-refractivity contribution in [2.24, 2.45) is 5.41 Å². The van der Waals surface area contributed by atoms with Crippen LogP contribution in [-0.2, 0) is 16.1 Å². The Morgan fingerprint density at radius 3 is 2.61 bits per heavy atom. The number of anilines is 2. The molecule has 2 N–H and O–H groups in total. The van der Waals surface area contributed by atoms with Gasteiger partial charge in [-0.25, -0.2) is 0 Å². The van der Waals surface area contributed by atoms with Crippen molar-refractivity contribution in [2.45, 2.75) is 39.3 Å². The number of para-hydroxylation sites is 2. The Morgan fingerprint density at radius 2 is 1.89 bits per heavy atom. The molecule has 0 spiro atoms. The number of allylic oxidation sites excluding steroid dienone is 1. The van der Waals surface area contributed by atoms with Gasteiger partial charge in [0.1, 0.15) is 0 Å². The molecular formula is C29H29N5O4. The standard InChI is InChI=1S/C29H29N5O4/c1-29(2)14-23-27(25(35)15-29)28(20-9-11-21(12-10-20)34(37)38)33(24-8-4-3-7-22(24)32-23)18-26(36)31-17-19-6-5-13-30-16-19/h3-13,16,28,32H,14-15,17-18H2,1-2H3,(H,31,36). The van der Waals surface area contributed by atoms with E-state index in [2.05, 4.69) is 29.5 Å². The largest absolute Gasteiger partial charge is 0.357 e. The van der Waals surface area contributed by atoms with Gasteiger partial charge in [0.2, 0.25) is 5.91 Å².